The fraction of sp³-hybridized carbons (Fsp3) is 0.755. The van der Waals surface area contributed by atoms with Gasteiger partial charge in [0.05, 0.1) is 6.61 Å². The molecule has 0 radical (unpaired) electrons. The van der Waals surface area contributed by atoms with Gasteiger partial charge in [0.15, 0.2) is 6.10 Å². The number of rotatable bonds is 39. The summed E-state index contributed by atoms with van der Waals surface area (Å²) in [6, 6.07) is 0. The lowest BCUT2D eigenvalue weighted by atomic mass is 9.85. The van der Waals surface area contributed by atoms with Crippen molar-refractivity contribution in [3.8, 4) is 0 Å². The minimum atomic E-state index is -5.13. The number of aliphatic hydroxyl groups excluding tert-OH is 5. The minimum absolute atomic E-state index is 0.0741. The number of hydrogen-bond acceptors (Lipinski definition) is 12. The molecule has 0 heterocycles. The van der Waals surface area contributed by atoms with Crippen molar-refractivity contribution in [1.82, 2.24) is 0 Å². The van der Waals surface area contributed by atoms with E-state index in [4.69, 9.17) is 18.5 Å². The summed E-state index contributed by atoms with van der Waals surface area (Å²) in [5, 5.41) is 50.2. The average molecular weight is 913 g/mol. The van der Waals surface area contributed by atoms with Gasteiger partial charge in [0.25, 0.3) is 0 Å². The van der Waals surface area contributed by atoms with Crippen LogP contribution in [-0.2, 0) is 32.7 Å². The van der Waals surface area contributed by atoms with Crippen LogP contribution in [0.4, 0.5) is 0 Å². The lowest BCUT2D eigenvalue weighted by Gasteiger charge is -2.41. The Bertz CT molecular complexity index is 1330. The van der Waals surface area contributed by atoms with Crippen LogP contribution < -0.4 is 0 Å². The lowest BCUT2D eigenvalue weighted by Crippen LogP contribution is -2.64. The Hall–Kier alpha value is -2.45. The topological polar surface area (TPSA) is 210 Å². The van der Waals surface area contributed by atoms with E-state index >= 15 is 0 Å². The van der Waals surface area contributed by atoms with Gasteiger partial charge in [-0.3, -0.25) is 18.6 Å². The molecule has 14 heteroatoms. The van der Waals surface area contributed by atoms with Crippen molar-refractivity contribution in [2.24, 2.45) is 0 Å². The van der Waals surface area contributed by atoms with Crippen LogP contribution in [0, 0.1) is 0 Å². The molecule has 0 bridgehead atoms. The zero-order valence-corrected chi connectivity index (χ0v) is 39.5. The van der Waals surface area contributed by atoms with Gasteiger partial charge < -0.3 is 39.9 Å². The number of hydrogen-bond donors (Lipinski definition) is 6. The summed E-state index contributed by atoms with van der Waals surface area (Å²) >= 11 is 0. The van der Waals surface area contributed by atoms with E-state index < -0.39 is 75.7 Å². The molecule has 1 rings (SSSR count). The largest absolute Gasteiger partial charge is 0.472 e. The number of carbonyl (C=O) groups excluding carboxylic acids is 2. The van der Waals surface area contributed by atoms with Gasteiger partial charge in [0.2, 0.25) is 0 Å². The van der Waals surface area contributed by atoms with Crippen LogP contribution in [0.5, 0.6) is 0 Å². The predicted molar refractivity (Wildman–Crippen MR) is 249 cm³/mol. The molecule has 364 valence electrons. The number of aliphatic hydroxyl groups is 5. The van der Waals surface area contributed by atoms with Gasteiger partial charge in [-0.15, -0.1) is 0 Å². The van der Waals surface area contributed by atoms with Gasteiger partial charge in [-0.2, -0.15) is 0 Å². The Labute approximate surface area is 379 Å². The molecule has 6 unspecified atom stereocenters. The summed E-state index contributed by atoms with van der Waals surface area (Å²) in [4.78, 5) is 35.7. The number of phosphoric ester groups is 1. The molecule has 1 aliphatic rings. The fourth-order valence-electron chi connectivity index (χ4n) is 6.98. The van der Waals surface area contributed by atoms with Gasteiger partial charge in [0, 0.05) is 12.8 Å². The first-order valence-electron chi connectivity index (χ1n) is 24.1. The van der Waals surface area contributed by atoms with Crippen LogP contribution in [-0.4, -0.2) is 98.3 Å². The van der Waals surface area contributed by atoms with Crippen molar-refractivity contribution in [3.63, 3.8) is 0 Å². The van der Waals surface area contributed by atoms with Gasteiger partial charge in [-0.25, -0.2) is 4.57 Å². The molecule has 13 nitrogen and oxygen atoms in total. The van der Waals surface area contributed by atoms with E-state index in [1.165, 1.54) is 51.4 Å². The first kappa shape index (κ1) is 58.6. The van der Waals surface area contributed by atoms with Crippen LogP contribution in [0.2, 0.25) is 0 Å². The first-order chi connectivity index (χ1) is 30.4. The smallest absolute Gasteiger partial charge is 0.462 e. The Morgan fingerprint density at radius 1 is 0.508 bits per heavy atom. The Balaban J connectivity index is 2.44. The maximum atomic E-state index is 12.8. The third-order valence-electron chi connectivity index (χ3n) is 10.8. The van der Waals surface area contributed by atoms with Crippen molar-refractivity contribution < 1.29 is 63.1 Å². The highest BCUT2D eigenvalue weighted by Crippen LogP contribution is 2.47. The highest BCUT2D eigenvalue weighted by molar-refractivity contribution is 7.47. The number of esters is 2. The number of phosphoric acid groups is 1. The molecular formula is C49H85O13P. The van der Waals surface area contributed by atoms with Crippen LogP contribution in [0.1, 0.15) is 181 Å². The summed E-state index contributed by atoms with van der Waals surface area (Å²) in [6.07, 6.45) is 34.1. The lowest BCUT2D eigenvalue weighted by molar-refractivity contribution is -0.220. The quantitative estimate of drug-likeness (QED) is 0.0147. The first-order valence-corrected chi connectivity index (χ1v) is 25.6. The second-order valence-corrected chi connectivity index (χ2v) is 18.0. The van der Waals surface area contributed by atoms with Crippen molar-refractivity contribution in [3.05, 3.63) is 60.8 Å². The number of carbonyl (C=O) groups is 2. The van der Waals surface area contributed by atoms with E-state index in [1.54, 1.807) is 0 Å². The molecule has 6 N–H and O–H groups in total. The van der Waals surface area contributed by atoms with Gasteiger partial charge in [0.1, 0.15) is 43.2 Å². The van der Waals surface area contributed by atoms with Gasteiger partial charge in [-0.1, -0.05) is 152 Å². The Morgan fingerprint density at radius 2 is 0.905 bits per heavy atom. The zero-order chi connectivity index (χ0) is 46.4. The molecule has 0 aromatic heterocycles. The monoisotopic (exact) mass is 913 g/mol. The molecular weight excluding hydrogens is 828 g/mol. The normalized spacial score (nSPS) is 22.2. The third kappa shape index (κ3) is 31.2. The highest BCUT2D eigenvalue weighted by atomic mass is 31.2. The maximum absolute atomic E-state index is 12.8. The molecule has 1 aliphatic carbocycles. The molecule has 0 saturated heterocycles. The van der Waals surface area contributed by atoms with Crippen LogP contribution in [0.15, 0.2) is 60.8 Å². The molecule has 0 aliphatic heterocycles. The second kappa shape index (κ2) is 38.8. The van der Waals surface area contributed by atoms with E-state index in [9.17, 15) is 44.6 Å². The SMILES string of the molecule is CC/C=C\C/C=C\C/C=C\CCCCCCCC(=O)O[C@H](COC(=O)CCCCCCCCCCC/C=C\C/C=C\CCCCC)COP(=O)(O)OC1C(O)C(O)C(O)[C@@H](O)C1O. The summed E-state index contributed by atoms with van der Waals surface area (Å²) in [5.74, 6) is -1.13. The molecule has 8 atom stereocenters. The van der Waals surface area contributed by atoms with Crippen LogP contribution >= 0.6 is 7.82 Å². The van der Waals surface area contributed by atoms with E-state index in [0.717, 1.165) is 89.9 Å². The molecule has 0 aromatic rings. The third-order valence-corrected chi connectivity index (χ3v) is 11.8. The fourth-order valence-corrected chi connectivity index (χ4v) is 7.95. The number of unbranched alkanes of at least 4 members (excludes halogenated alkanes) is 17. The van der Waals surface area contributed by atoms with Crippen molar-refractivity contribution in [2.45, 2.75) is 224 Å². The molecule has 1 saturated carbocycles. The highest BCUT2D eigenvalue weighted by Gasteiger charge is 2.51. The summed E-state index contributed by atoms with van der Waals surface area (Å²) in [5.41, 5.74) is 0. The average Bonchev–Trinajstić information content (AvgIpc) is 3.26. The van der Waals surface area contributed by atoms with Crippen molar-refractivity contribution >= 4 is 19.8 Å². The minimum Gasteiger partial charge on any atom is -0.462 e. The number of allylic oxidation sites excluding steroid dienone is 10. The molecule has 1 fully saturated rings. The van der Waals surface area contributed by atoms with E-state index in [2.05, 4.69) is 74.6 Å². The van der Waals surface area contributed by atoms with Gasteiger partial charge in [-0.05, 0) is 77.0 Å². The zero-order valence-electron chi connectivity index (χ0n) is 38.6. The van der Waals surface area contributed by atoms with E-state index in [1.807, 2.05) is 0 Å². The van der Waals surface area contributed by atoms with Crippen LogP contribution in [0.3, 0.4) is 0 Å². The van der Waals surface area contributed by atoms with Crippen molar-refractivity contribution in [1.29, 1.82) is 0 Å². The predicted octanol–water partition coefficient (Wildman–Crippen LogP) is 9.73. The summed E-state index contributed by atoms with van der Waals surface area (Å²) in [6.45, 7) is 3.15. The molecule has 63 heavy (non-hydrogen) atoms. The summed E-state index contributed by atoms with van der Waals surface area (Å²) < 4.78 is 33.5. The van der Waals surface area contributed by atoms with E-state index in [-0.39, 0.29) is 12.8 Å². The van der Waals surface area contributed by atoms with Gasteiger partial charge >= 0.3 is 19.8 Å². The van der Waals surface area contributed by atoms with E-state index in [0.29, 0.717) is 12.8 Å². The van der Waals surface area contributed by atoms with Crippen LogP contribution in [0.25, 0.3) is 0 Å². The standard InChI is InChI=1S/C49H85O13P/c1-3-5-7-9-11-13-15-17-19-20-21-22-24-25-27-29-31-33-35-37-42(50)59-39-41(40-60-63(57,58)62-49-47(55)45(53)44(52)46(54)48(49)56)61-43(51)38-36-34-32-30-28-26-23-18-16-14-12-10-8-6-4-2/h6,8,11-14,17-19,23,41,44-49,52-56H,3-5,7,9-10,15-16,20-22,24-40H2,1-2H3,(H,57,58)/b8-6-,13-11-,14-12-,19-17-,23-18-/t41-,44?,45-,46?,47?,48?,49?/m1/s1. The molecule has 0 aromatic carbocycles. The van der Waals surface area contributed by atoms with Crippen molar-refractivity contribution in [2.75, 3.05) is 13.2 Å². The molecule has 0 amide bonds. The molecule has 0 spiro atoms. The summed E-state index contributed by atoms with van der Waals surface area (Å²) in [7, 11) is -5.13. The maximum Gasteiger partial charge on any atom is 0.472 e. The number of ether oxygens (including phenoxy) is 2. The Kier molecular flexibility index (Phi) is 36.1. The Morgan fingerprint density at radius 3 is 1.38 bits per heavy atom. The second-order valence-electron chi connectivity index (χ2n) is 16.6.